The zero-order valence-corrected chi connectivity index (χ0v) is 17.5. The Hall–Kier alpha value is -1.46. The average molecular weight is 409 g/mol. The van der Waals surface area contributed by atoms with E-state index in [0.29, 0.717) is 13.2 Å². The van der Waals surface area contributed by atoms with Crippen LogP contribution in [0.4, 0.5) is 0 Å². The van der Waals surface area contributed by atoms with Gasteiger partial charge in [-0.15, -0.1) is 12.4 Å². The maximum atomic E-state index is 13.2. The number of benzene rings is 1. The van der Waals surface area contributed by atoms with E-state index in [4.69, 9.17) is 9.47 Å². The van der Waals surface area contributed by atoms with Crippen LogP contribution in [0.2, 0.25) is 0 Å². The van der Waals surface area contributed by atoms with Crippen molar-refractivity contribution in [3.05, 3.63) is 23.8 Å². The van der Waals surface area contributed by atoms with Crippen molar-refractivity contribution in [2.24, 2.45) is 0 Å². The smallest absolute Gasteiger partial charge is 0.230 e. The molecule has 1 N–H and O–H groups in total. The van der Waals surface area contributed by atoms with E-state index in [2.05, 4.69) is 16.3 Å². The molecule has 1 saturated carbocycles. The van der Waals surface area contributed by atoms with Gasteiger partial charge in [0.05, 0.1) is 5.41 Å². The van der Waals surface area contributed by atoms with Crippen LogP contribution in [-0.2, 0) is 10.2 Å². The first-order chi connectivity index (χ1) is 13.3. The predicted octanol–water partition coefficient (Wildman–Crippen LogP) is 3.68. The fourth-order valence-electron chi connectivity index (χ4n) is 4.82. The molecule has 0 bridgehead atoms. The number of rotatable bonds is 6. The molecule has 2 aliphatic heterocycles. The van der Waals surface area contributed by atoms with Gasteiger partial charge in [0.15, 0.2) is 11.5 Å². The van der Waals surface area contributed by atoms with E-state index in [1.54, 1.807) is 0 Å². The highest BCUT2D eigenvalue weighted by Crippen LogP contribution is 2.44. The van der Waals surface area contributed by atoms with Crippen molar-refractivity contribution in [3.63, 3.8) is 0 Å². The van der Waals surface area contributed by atoms with Gasteiger partial charge in [0.1, 0.15) is 13.2 Å². The Morgan fingerprint density at radius 2 is 1.71 bits per heavy atom. The number of amides is 1. The number of halogens is 1. The zero-order chi connectivity index (χ0) is 18.5. The first-order valence-corrected chi connectivity index (χ1v) is 10.7. The second-order valence-corrected chi connectivity index (χ2v) is 8.16. The van der Waals surface area contributed by atoms with Crippen LogP contribution in [0.25, 0.3) is 0 Å². The maximum absolute atomic E-state index is 13.2. The summed E-state index contributed by atoms with van der Waals surface area (Å²) in [5, 5.41) is 3.25. The SMILES string of the molecule is Cl.O=C(NCCCN1CCCCC1)C1(c2ccc3c(c2)OCCO3)CCCC1. The largest absolute Gasteiger partial charge is 0.486 e. The summed E-state index contributed by atoms with van der Waals surface area (Å²) in [4.78, 5) is 15.7. The van der Waals surface area contributed by atoms with Gasteiger partial charge in [0, 0.05) is 6.54 Å². The molecule has 4 rings (SSSR count). The van der Waals surface area contributed by atoms with Crippen molar-refractivity contribution in [1.82, 2.24) is 10.2 Å². The van der Waals surface area contributed by atoms with Gasteiger partial charge in [-0.25, -0.2) is 0 Å². The Morgan fingerprint density at radius 1 is 1.00 bits per heavy atom. The number of carbonyl (C=O) groups is 1. The van der Waals surface area contributed by atoms with Gasteiger partial charge in [0.25, 0.3) is 0 Å². The molecule has 1 aromatic carbocycles. The zero-order valence-electron chi connectivity index (χ0n) is 16.7. The molecule has 1 amide bonds. The summed E-state index contributed by atoms with van der Waals surface area (Å²) in [5.74, 6) is 1.76. The third-order valence-corrected chi connectivity index (χ3v) is 6.37. The fourth-order valence-corrected chi connectivity index (χ4v) is 4.82. The topological polar surface area (TPSA) is 50.8 Å². The molecule has 1 aliphatic carbocycles. The summed E-state index contributed by atoms with van der Waals surface area (Å²) >= 11 is 0. The summed E-state index contributed by atoms with van der Waals surface area (Å²) in [5.41, 5.74) is 0.679. The van der Waals surface area contributed by atoms with Crippen LogP contribution in [-0.4, -0.2) is 50.2 Å². The van der Waals surface area contributed by atoms with Crippen LogP contribution < -0.4 is 14.8 Å². The molecule has 3 aliphatic rings. The lowest BCUT2D eigenvalue weighted by Gasteiger charge is -2.30. The summed E-state index contributed by atoms with van der Waals surface area (Å²) in [6.45, 7) is 5.46. The van der Waals surface area contributed by atoms with Crippen LogP contribution in [0.3, 0.4) is 0 Å². The van der Waals surface area contributed by atoms with Crippen molar-refractivity contribution in [2.45, 2.75) is 56.8 Å². The van der Waals surface area contributed by atoms with Crippen LogP contribution in [0.1, 0.15) is 56.9 Å². The number of nitrogens with zero attached hydrogens (tertiary/aromatic N) is 1. The normalized spacial score (nSPS) is 21.0. The quantitative estimate of drug-likeness (QED) is 0.729. The van der Waals surface area contributed by atoms with Crippen molar-refractivity contribution in [3.8, 4) is 11.5 Å². The lowest BCUT2D eigenvalue weighted by Crippen LogP contribution is -2.43. The highest BCUT2D eigenvalue weighted by Gasteiger charge is 2.43. The molecule has 0 aromatic heterocycles. The number of piperidine rings is 1. The number of fused-ring (bicyclic) bond motifs is 1. The molecule has 2 fully saturated rings. The minimum absolute atomic E-state index is 0. The summed E-state index contributed by atoms with van der Waals surface area (Å²) < 4.78 is 11.4. The van der Waals surface area contributed by atoms with E-state index in [1.165, 1.54) is 32.4 Å². The Balaban J connectivity index is 0.00000225. The van der Waals surface area contributed by atoms with E-state index >= 15 is 0 Å². The molecule has 1 saturated heterocycles. The van der Waals surface area contributed by atoms with E-state index in [0.717, 1.165) is 62.3 Å². The Labute approximate surface area is 174 Å². The monoisotopic (exact) mass is 408 g/mol. The van der Waals surface area contributed by atoms with E-state index in [9.17, 15) is 4.79 Å². The van der Waals surface area contributed by atoms with Gasteiger partial charge in [-0.2, -0.15) is 0 Å². The highest BCUT2D eigenvalue weighted by atomic mass is 35.5. The molecular weight excluding hydrogens is 376 g/mol. The van der Waals surface area contributed by atoms with Crippen LogP contribution in [0.15, 0.2) is 18.2 Å². The maximum Gasteiger partial charge on any atom is 0.230 e. The molecule has 0 radical (unpaired) electrons. The molecule has 1 aromatic rings. The Morgan fingerprint density at radius 3 is 2.46 bits per heavy atom. The highest BCUT2D eigenvalue weighted by molar-refractivity contribution is 5.88. The van der Waals surface area contributed by atoms with Crippen LogP contribution in [0, 0.1) is 0 Å². The van der Waals surface area contributed by atoms with Crippen molar-refractivity contribution in [1.29, 1.82) is 0 Å². The first kappa shape index (κ1) is 21.3. The number of carbonyl (C=O) groups excluding carboxylic acids is 1. The van der Waals surface area contributed by atoms with Crippen LogP contribution in [0.5, 0.6) is 11.5 Å². The van der Waals surface area contributed by atoms with Crippen molar-refractivity contribution in [2.75, 3.05) is 39.4 Å². The molecule has 6 heteroatoms. The number of nitrogens with one attached hydrogen (secondary N) is 1. The van der Waals surface area contributed by atoms with Gasteiger partial charge >= 0.3 is 0 Å². The first-order valence-electron chi connectivity index (χ1n) is 10.7. The van der Waals surface area contributed by atoms with E-state index < -0.39 is 5.41 Å². The molecule has 28 heavy (non-hydrogen) atoms. The minimum atomic E-state index is -0.402. The molecular formula is C22H33ClN2O3. The molecule has 0 atom stereocenters. The summed E-state index contributed by atoms with van der Waals surface area (Å²) in [6, 6.07) is 6.06. The molecule has 0 spiro atoms. The van der Waals surface area contributed by atoms with Gasteiger partial charge in [0.2, 0.25) is 5.91 Å². The second-order valence-electron chi connectivity index (χ2n) is 8.16. The average Bonchev–Trinajstić information content (AvgIpc) is 3.23. The lowest BCUT2D eigenvalue weighted by atomic mass is 9.77. The number of hydrogen-bond donors (Lipinski definition) is 1. The Kier molecular flexibility index (Phi) is 7.47. The van der Waals surface area contributed by atoms with E-state index in [1.807, 2.05) is 12.1 Å². The number of hydrogen-bond acceptors (Lipinski definition) is 4. The molecule has 2 heterocycles. The van der Waals surface area contributed by atoms with Gasteiger partial charge in [-0.05, 0) is 69.4 Å². The number of likely N-dealkylation sites (tertiary alicyclic amines) is 1. The van der Waals surface area contributed by atoms with Crippen molar-refractivity contribution >= 4 is 18.3 Å². The summed E-state index contributed by atoms with van der Waals surface area (Å²) in [6.07, 6.45) is 9.09. The number of ether oxygens (including phenoxy) is 2. The third kappa shape index (κ3) is 4.57. The second kappa shape index (κ2) is 9.84. The molecule has 0 unspecified atom stereocenters. The van der Waals surface area contributed by atoms with Crippen molar-refractivity contribution < 1.29 is 14.3 Å². The Bertz CT molecular complexity index is 655. The standard InChI is InChI=1S/C22H32N2O3.ClH/c25-21(23-11-6-14-24-12-4-1-5-13-24)22(9-2-3-10-22)18-7-8-19-20(17-18)27-16-15-26-19;/h7-8,17H,1-6,9-16H2,(H,23,25);1H. The van der Waals surface area contributed by atoms with Gasteiger partial charge in [-0.3, -0.25) is 4.79 Å². The van der Waals surface area contributed by atoms with Gasteiger partial charge < -0.3 is 19.7 Å². The fraction of sp³-hybridized carbons (Fsp3) is 0.682. The minimum Gasteiger partial charge on any atom is -0.486 e. The molecule has 156 valence electrons. The van der Waals surface area contributed by atoms with E-state index in [-0.39, 0.29) is 18.3 Å². The molecule has 5 nitrogen and oxygen atoms in total. The van der Waals surface area contributed by atoms with Crippen LogP contribution >= 0.6 is 12.4 Å². The lowest BCUT2D eigenvalue weighted by molar-refractivity contribution is -0.126. The third-order valence-electron chi connectivity index (χ3n) is 6.37. The summed E-state index contributed by atoms with van der Waals surface area (Å²) in [7, 11) is 0. The van der Waals surface area contributed by atoms with Gasteiger partial charge in [-0.1, -0.05) is 25.3 Å². The predicted molar refractivity (Wildman–Crippen MR) is 113 cm³/mol.